The molecule has 1 aromatic heterocycles. The highest BCUT2D eigenvalue weighted by atomic mass is 35.5. The summed E-state index contributed by atoms with van der Waals surface area (Å²) in [7, 11) is 0. The molecule has 1 aromatic carbocycles. The number of ether oxygens (including phenoxy) is 1. The zero-order valence-electron chi connectivity index (χ0n) is 9.72. The van der Waals surface area contributed by atoms with Crippen LogP contribution in [0.5, 0.6) is 5.75 Å². The van der Waals surface area contributed by atoms with Gasteiger partial charge in [0.15, 0.2) is 5.75 Å². The molecule has 0 saturated heterocycles. The summed E-state index contributed by atoms with van der Waals surface area (Å²) in [4.78, 5) is 17.9. The van der Waals surface area contributed by atoms with Gasteiger partial charge in [0, 0.05) is 12.1 Å². The lowest BCUT2D eigenvalue weighted by atomic mass is 10.3. The number of hydrogen-bond acceptors (Lipinski definition) is 5. The standard InChI is InChI=1S/C11H6Cl3N3O3/c12-8-1-7(17(18)19)2-9(13)11(8)20-5-6-3-16-10(14)4-15-6/h1-4H,5H2. The summed E-state index contributed by atoms with van der Waals surface area (Å²) in [5, 5.41) is 11.0. The van der Waals surface area contributed by atoms with E-state index in [0.29, 0.717) is 5.69 Å². The van der Waals surface area contributed by atoms with E-state index >= 15 is 0 Å². The minimum Gasteiger partial charge on any atom is -0.484 e. The van der Waals surface area contributed by atoms with E-state index in [2.05, 4.69) is 9.97 Å². The van der Waals surface area contributed by atoms with E-state index in [9.17, 15) is 10.1 Å². The number of nitro groups is 1. The molecule has 104 valence electrons. The highest BCUT2D eigenvalue weighted by Gasteiger charge is 2.16. The number of rotatable bonds is 4. The Labute approximate surface area is 128 Å². The van der Waals surface area contributed by atoms with E-state index < -0.39 is 4.92 Å². The Morgan fingerprint density at radius 1 is 1.15 bits per heavy atom. The minimum absolute atomic E-state index is 0.0473. The molecule has 0 saturated carbocycles. The maximum Gasteiger partial charge on any atom is 0.272 e. The second kappa shape index (κ2) is 6.21. The molecule has 20 heavy (non-hydrogen) atoms. The molecule has 2 aromatic rings. The molecule has 0 bridgehead atoms. The summed E-state index contributed by atoms with van der Waals surface area (Å²) >= 11 is 17.4. The monoisotopic (exact) mass is 333 g/mol. The van der Waals surface area contributed by atoms with Crippen LogP contribution in [0.4, 0.5) is 5.69 Å². The number of benzene rings is 1. The Morgan fingerprint density at radius 3 is 2.30 bits per heavy atom. The number of non-ortho nitro benzene ring substituents is 1. The van der Waals surface area contributed by atoms with E-state index in [1.807, 2.05) is 0 Å². The van der Waals surface area contributed by atoms with Gasteiger partial charge in [0.05, 0.1) is 33.1 Å². The molecule has 0 atom stereocenters. The zero-order chi connectivity index (χ0) is 14.7. The molecular weight excluding hydrogens is 328 g/mol. The molecule has 1 heterocycles. The van der Waals surface area contributed by atoms with Crippen molar-refractivity contribution in [3.8, 4) is 5.75 Å². The predicted molar refractivity (Wildman–Crippen MR) is 74.5 cm³/mol. The van der Waals surface area contributed by atoms with Gasteiger partial charge in [-0.05, 0) is 0 Å². The first-order valence-electron chi connectivity index (χ1n) is 5.20. The van der Waals surface area contributed by atoms with Crippen molar-refractivity contribution >= 4 is 40.5 Å². The van der Waals surface area contributed by atoms with E-state index in [4.69, 9.17) is 39.5 Å². The first-order chi connectivity index (χ1) is 9.47. The summed E-state index contributed by atoms with van der Waals surface area (Å²) in [6.45, 7) is 0.0570. The molecule has 0 spiro atoms. The third-order valence-electron chi connectivity index (χ3n) is 2.23. The molecule has 9 heteroatoms. The molecule has 0 aliphatic carbocycles. The average Bonchev–Trinajstić information content (AvgIpc) is 2.39. The summed E-state index contributed by atoms with van der Waals surface area (Å²) in [6, 6.07) is 2.33. The maximum absolute atomic E-state index is 10.6. The lowest BCUT2D eigenvalue weighted by Crippen LogP contribution is -2.00. The Balaban J connectivity index is 2.17. The fraction of sp³-hybridized carbons (Fsp3) is 0.0909. The van der Waals surface area contributed by atoms with Crippen LogP contribution in [0.2, 0.25) is 15.2 Å². The normalized spacial score (nSPS) is 10.3. The molecule has 0 fully saturated rings. The lowest BCUT2D eigenvalue weighted by molar-refractivity contribution is -0.384. The van der Waals surface area contributed by atoms with Crippen molar-refractivity contribution in [1.82, 2.24) is 9.97 Å². The van der Waals surface area contributed by atoms with Crippen molar-refractivity contribution in [2.24, 2.45) is 0 Å². The van der Waals surface area contributed by atoms with Crippen LogP contribution >= 0.6 is 34.8 Å². The molecule has 0 amide bonds. The molecule has 6 nitrogen and oxygen atoms in total. The van der Waals surface area contributed by atoms with E-state index in [-0.39, 0.29) is 33.2 Å². The van der Waals surface area contributed by atoms with Gasteiger partial charge in [0.25, 0.3) is 5.69 Å². The van der Waals surface area contributed by atoms with Gasteiger partial charge in [-0.2, -0.15) is 0 Å². The zero-order valence-corrected chi connectivity index (χ0v) is 12.0. The molecular formula is C11H6Cl3N3O3. The van der Waals surface area contributed by atoms with Gasteiger partial charge in [0.2, 0.25) is 0 Å². The number of halogens is 3. The second-order valence-electron chi connectivity index (χ2n) is 3.61. The van der Waals surface area contributed by atoms with Crippen LogP contribution in [0.15, 0.2) is 24.5 Å². The summed E-state index contributed by atoms with van der Waals surface area (Å²) in [5.74, 6) is 0.149. The van der Waals surface area contributed by atoms with E-state index in [1.54, 1.807) is 0 Å². The number of hydrogen-bond donors (Lipinski definition) is 0. The van der Waals surface area contributed by atoms with Crippen LogP contribution in [0.25, 0.3) is 0 Å². The third kappa shape index (κ3) is 3.47. The molecule has 0 aliphatic rings. The van der Waals surface area contributed by atoms with Gasteiger partial charge in [-0.3, -0.25) is 15.1 Å². The van der Waals surface area contributed by atoms with E-state index in [1.165, 1.54) is 12.4 Å². The van der Waals surface area contributed by atoms with Gasteiger partial charge >= 0.3 is 0 Å². The van der Waals surface area contributed by atoms with Gasteiger partial charge in [-0.1, -0.05) is 34.8 Å². The highest BCUT2D eigenvalue weighted by Crippen LogP contribution is 2.37. The van der Waals surface area contributed by atoms with Crippen molar-refractivity contribution < 1.29 is 9.66 Å². The van der Waals surface area contributed by atoms with Crippen molar-refractivity contribution in [2.75, 3.05) is 0 Å². The molecule has 2 rings (SSSR count). The topological polar surface area (TPSA) is 78.2 Å². The minimum atomic E-state index is -0.591. The summed E-state index contributed by atoms with van der Waals surface area (Å²) < 4.78 is 5.40. The first-order valence-corrected chi connectivity index (χ1v) is 6.33. The van der Waals surface area contributed by atoms with Crippen molar-refractivity contribution in [3.05, 3.63) is 55.5 Å². The van der Waals surface area contributed by atoms with Gasteiger partial charge in [0.1, 0.15) is 11.8 Å². The fourth-order valence-corrected chi connectivity index (χ4v) is 2.03. The Hall–Kier alpha value is -1.63. The van der Waals surface area contributed by atoms with Gasteiger partial charge in [-0.25, -0.2) is 4.98 Å². The fourth-order valence-electron chi connectivity index (χ4n) is 1.35. The lowest BCUT2D eigenvalue weighted by Gasteiger charge is -2.09. The van der Waals surface area contributed by atoms with Crippen LogP contribution in [0.1, 0.15) is 5.69 Å². The van der Waals surface area contributed by atoms with Crippen LogP contribution in [-0.4, -0.2) is 14.9 Å². The largest absolute Gasteiger partial charge is 0.484 e. The smallest absolute Gasteiger partial charge is 0.272 e. The average molecular weight is 335 g/mol. The predicted octanol–water partition coefficient (Wildman–Crippen LogP) is 3.92. The van der Waals surface area contributed by atoms with Crippen LogP contribution in [0, 0.1) is 10.1 Å². The second-order valence-corrected chi connectivity index (χ2v) is 4.82. The Morgan fingerprint density at radius 2 is 1.80 bits per heavy atom. The Kier molecular flexibility index (Phi) is 4.59. The number of nitrogens with zero attached hydrogens (tertiary/aromatic N) is 3. The summed E-state index contributed by atoms with van der Waals surface area (Å²) in [5.41, 5.74) is 0.304. The maximum atomic E-state index is 10.6. The van der Waals surface area contributed by atoms with Crippen LogP contribution in [-0.2, 0) is 6.61 Å². The van der Waals surface area contributed by atoms with E-state index in [0.717, 1.165) is 12.1 Å². The van der Waals surface area contributed by atoms with Gasteiger partial charge in [-0.15, -0.1) is 0 Å². The summed E-state index contributed by atoms with van der Waals surface area (Å²) in [6.07, 6.45) is 2.81. The molecule has 0 aliphatic heterocycles. The van der Waals surface area contributed by atoms with Crippen LogP contribution < -0.4 is 4.74 Å². The SMILES string of the molecule is O=[N+]([O-])c1cc(Cl)c(OCc2cnc(Cl)cn2)c(Cl)c1. The molecule has 0 unspecified atom stereocenters. The molecule has 0 N–H and O–H groups in total. The third-order valence-corrected chi connectivity index (χ3v) is 2.99. The number of aromatic nitrogens is 2. The number of nitro benzene ring substituents is 1. The molecule has 0 radical (unpaired) electrons. The first kappa shape index (κ1) is 14.8. The van der Waals surface area contributed by atoms with Crippen molar-refractivity contribution in [2.45, 2.75) is 6.61 Å². The highest BCUT2D eigenvalue weighted by molar-refractivity contribution is 6.37. The van der Waals surface area contributed by atoms with Crippen molar-refractivity contribution in [3.63, 3.8) is 0 Å². The Bertz CT molecular complexity index is 626. The van der Waals surface area contributed by atoms with Gasteiger partial charge < -0.3 is 4.74 Å². The van der Waals surface area contributed by atoms with Crippen molar-refractivity contribution in [1.29, 1.82) is 0 Å². The quantitative estimate of drug-likeness (QED) is 0.625. The van der Waals surface area contributed by atoms with Crippen LogP contribution in [0.3, 0.4) is 0 Å².